The highest BCUT2D eigenvalue weighted by Crippen LogP contribution is 2.26. The van der Waals surface area contributed by atoms with Gasteiger partial charge in [-0.05, 0) is 42.5 Å². The molecule has 5 heteroatoms. The molecule has 0 spiro atoms. The van der Waals surface area contributed by atoms with Crippen molar-refractivity contribution in [1.82, 2.24) is 0 Å². The van der Waals surface area contributed by atoms with Gasteiger partial charge in [-0.15, -0.1) is 0 Å². The summed E-state index contributed by atoms with van der Waals surface area (Å²) in [6.07, 6.45) is 1.04. The number of hydrogen-bond acceptors (Lipinski definition) is 4. The van der Waals surface area contributed by atoms with E-state index >= 15 is 0 Å². The second-order valence-electron chi connectivity index (χ2n) is 6.78. The van der Waals surface area contributed by atoms with Crippen LogP contribution in [0.2, 0.25) is 0 Å². The van der Waals surface area contributed by atoms with Gasteiger partial charge in [0, 0.05) is 30.0 Å². The van der Waals surface area contributed by atoms with Crippen LogP contribution in [0.15, 0.2) is 57.9 Å². The number of methoxy groups -OCH3 is 2. The third kappa shape index (κ3) is 4.68. The highest BCUT2D eigenvalue weighted by atomic mass is 16.5. The number of hydrogen-bond donors (Lipinski definition) is 1. The fourth-order valence-electron chi connectivity index (χ4n) is 2.94. The quantitative estimate of drug-likeness (QED) is 0.653. The van der Waals surface area contributed by atoms with Crippen LogP contribution in [0, 0.1) is 0 Å². The van der Waals surface area contributed by atoms with E-state index in [1.165, 1.54) is 4.90 Å². The zero-order valence-electron chi connectivity index (χ0n) is 16.4. The van der Waals surface area contributed by atoms with E-state index in [0.29, 0.717) is 0 Å². The van der Waals surface area contributed by atoms with E-state index in [2.05, 4.69) is 14.1 Å². The molecule has 3 rings (SSSR count). The molecule has 0 saturated heterocycles. The van der Waals surface area contributed by atoms with Crippen LogP contribution in [0.25, 0.3) is 22.3 Å². The second kappa shape index (κ2) is 8.73. The zero-order valence-corrected chi connectivity index (χ0v) is 16.4. The van der Waals surface area contributed by atoms with Crippen LogP contribution in [0.1, 0.15) is 6.42 Å². The Morgan fingerprint density at radius 3 is 2.30 bits per heavy atom. The Kier molecular flexibility index (Phi) is 6.14. The third-order valence-corrected chi connectivity index (χ3v) is 4.44. The molecule has 1 heterocycles. The largest absolute Gasteiger partial charge is 0.497 e. The average Bonchev–Trinajstić information content (AvgIpc) is 2.70. The third-order valence-electron chi connectivity index (χ3n) is 4.44. The van der Waals surface area contributed by atoms with Crippen molar-refractivity contribution in [2.24, 2.45) is 4.99 Å². The Hall–Kier alpha value is -2.79. The summed E-state index contributed by atoms with van der Waals surface area (Å²) in [4.78, 5) is 6.28. The molecule has 1 N–H and O–H groups in total. The minimum absolute atomic E-state index is 0.781. The lowest BCUT2D eigenvalue weighted by Crippen LogP contribution is -3.05. The Morgan fingerprint density at radius 1 is 0.926 bits per heavy atom. The van der Waals surface area contributed by atoms with Crippen LogP contribution in [0.4, 0.5) is 0 Å². The average molecular weight is 367 g/mol. The molecule has 0 aliphatic carbocycles. The van der Waals surface area contributed by atoms with Crippen LogP contribution in [-0.4, -0.2) is 41.4 Å². The van der Waals surface area contributed by atoms with Crippen molar-refractivity contribution in [3.63, 3.8) is 0 Å². The number of rotatable bonds is 7. The summed E-state index contributed by atoms with van der Waals surface area (Å²) < 4.78 is 16.8. The molecule has 0 atom stereocenters. The maximum absolute atomic E-state index is 6.15. The summed E-state index contributed by atoms with van der Waals surface area (Å²) in [6, 6.07) is 15.7. The molecule has 0 amide bonds. The smallest absolute Gasteiger partial charge is 0.137 e. The first-order valence-electron chi connectivity index (χ1n) is 9.16. The molecule has 0 bridgehead atoms. The molecule has 0 fully saturated rings. The van der Waals surface area contributed by atoms with E-state index in [0.717, 1.165) is 58.7 Å². The van der Waals surface area contributed by atoms with Crippen LogP contribution in [-0.2, 0) is 0 Å². The Bertz CT molecular complexity index is 959. The molecule has 0 aliphatic rings. The fraction of sp³-hybridized carbons (Fsp3) is 0.318. The number of nitrogens with one attached hydrogen (secondary N) is 1. The Morgan fingerprint density at radius 2 is 1.63 bits per heavy atom. The first-order valence-corrected chi connectivity index (χ1v) is 9.16. The van der Waals surface area contributed by atoms with Gasteiger partial charge in [0.2, 0.25) is 0 Å². The highest BCUT2D eigenvalue weighted by molar-refractivity contribution is 5.80. The first-order chi connectivity index (χ1) is 13.1. The van der Waals surface area contributed by atoms with Crippen molar-refractivity contribution in [2.45, 2.75) is 6.42 Å². The minimum atomic E-state index is 0.781. The van der Waals surface area contributed by atoms with Gasteiger partial charge < -0.3 is 18.8 Å². The van der Waals surface area contributed by atoms with Crippen LogP contribution in [0.5, 0.6) is 11.5 Å². The standard InChI is InChI=1S/C22H26N2O3/c1-24(2)13-5-12-23-20-15-22(16-6-8-17(25-3)9-7-16)27-21-11-10-18(26-4)14-19(20)21/h6-11,14-15H,5,12-13H2,1-4H3/p+1. The molecular weight excluding hydrogens is 340 g/mol. The fourth-order valence-corrected chi connectivity index (χ4v) is 2.94. The summed E-state index contributed by atoms with van der Waals surface area (Å²) in [5.41, 5.74) is 1.78. The number of benzene rings is 2. The van der Waals surface area contributed by atoms with Gasteiger partial charge >= 0.3 is 0 Å². The SMILES string of the molecule is COc1ccc(-c2cc(=NCCC[NH+](C)C)c3cc(OC)ccc3o2)cc1. The van der Waals surface area contributed by atoms with Crippen molar-refractivity contribution in [2.75, 3.05) is 41.4 Å². The zero-order chi connectivity index (χ0) is 19.2. The van der Waals surface area contributed by atoms with Gasteiger partial charge in [-0.2, -0.15) is 0 Å². The number of fused-ring (bicyclic) bond motifs is 1. The summed E-state index contributed by atoms with van der Waals surface area (Å²) in [5.74, 6) is 2.40. The van der Waals surface area contributed by atoms with Gasteiger partial charge in [0.25, 0.3) is 0 Å². The molecule has 5 nitrogen and oxygen atoms in total. The van der Waals surface area contributed by atoms with Crippen molar-refractivity contribution >= 4 is 11.0 Å². The predicted molar refractivity (Wildman–Crippen MR) is 107 cm³/mol. The van der Waals surface area contributed by atoms with Gasteiger partial charge in [-0.3, -0.25) is 4.99 Å². The van der Waals surface area contributed by atoms with E-state index in [9.17, 15) is 0 Å². The molecular formula is C22H27N2O3+. The molecule has 3 aromatic rings. The molecule has 142 valence electrons. The van der Waals surface area contributed by atoms with Crippen LogP contribution in [0.3, 0.4) is 0 Å². The maximum Gasteiger partial charge on any atom is 0.137 e. The molecule has 0 radical (unpaired) electrons. The molecule has 27 heavy (non-hydrogen) atoms. The minimum Gasteiger partial charge on any atom is -0.497 e. The lowest BCUT2D eigenvalue weighted by atomic mass is 10.1. The molecule has 1 aromatic heterocycles. The molecule has 0 aliphatic heterocycles. The number of quaternary nitrogens is 1. The van der Waals surface area contributed by atoms with E-state index < -0.39 is 0 Å². The molecule has 0 saturated carbocycles. The van der Waals surface area contributed by atoms with Crippen molar-refractivity contribution in [3.8, 4) is 22.8 Å². The van der Waals surface area contributed by atoms with Crippen molar-refractivity contribution < 1.29 is 18.8 Å². The van der Waals surface area contributed by atoms with Crippen LogP contribution >= 0.6 is 0 Å². The van der Waals surface area contributed by atoms with Gasteiger partial charge in [0.05, 0.1) is 40.2 Å². The topological polar surface area (TPSA) is 48.4 Å². The first kappa shape index (κ1) is 19.0. The number of ether oxygens (including phenoxy) is 2. The van der Waals surface area contributed by atoms with Gasteiger partial charge in [0.1, 0.15) is 22.8 Å². The predicted octanol–water partition coefficient (Wildman–Crippen LogP) is 2.55. The highest BCUT2D eigenvalue weighted by Gasteiger charge is 2.08. The van der Waals surface area contributed by atoms with E-state index in [1.807, 2.05) is 48.5 Å². The second-order valence-corrected chi connectivity index (χ2v) is 6.78. The van der Waals surface area contributed by atoms with E-state index in [-0.39, 0.29) is 0 Å². The summed E-state index contributed by atoms with van der Waals surface area (Å²) >= 11 is 0. The maximum atomic E-state index is 6.15. The molecule has 2 aromatic carbocycles. The van der Waals surface area contributed by atoms with Crippen LogP contribution < -0.4 is 19.7 Å². The summed E-state index contributed by atoms with van der Waals surface area (Å²) in [5, 5.41) is 1.89. The Balaban J connectivity index is 2.06. The van der Waals surface area contributed by atoms with Gasteiger partial charge in [0.15, 0.2) is 0 Å². The summed E-state index contributed by atoms with van der Waals surface area (Å²) in [6.45, 7) is 1.87. The summed E-state index contributed by atoms with van der Waals surface area (Å²) in [7, 11) is 7.64. The van der Waals surface area contributed by atoms with Crippen molar-refractivity contribution in [3.05, 3.63) is 53.9 Å². The number of nitrogens with zero attached hydrogens (tertiary/aromatic N) is 1. The lowest BCUT2D eigenvalue weighted by Gasteiger charge is -2.08. The van der Waals surface area contributed by atoms with Crippen molar-refractivity contribution in [1.29, 1.82) is 0 Å². The monoisotopic (exact) mass is 367 g/mol. The van der Waals surface area contributed by atoms with E-state index in [4.69, 9.17) is 18.9 Å². The Labute approximate surface area is 159 Å². The van der Waals surface area contributed by atoms with E-state index in [1.54, 1.807) is 14.2 Å². The normalized spacial score (nSPS) is 12.0. The lowest BCUT2D eigenvalue weighted by molar-refractivity contribution is -0.858. The van der Waals surface area contributed by atoms with Gasteiger partial charge in [-0.25, -0.2) is 0 Å². The molecule has 0 unspecified atom stereocenters. The van der Waals surface area contributed by atoms with Gasteiger partial charge in [-0.1, -0.05) is 0 Å².